The lowest BCUT2D eigenvalue weighted by atomic mass is 10.1. The molecular weight excluding hydrogens is 426 g/mol. The highest BCUT2D eigenvalue weighted by atomic mass is 32.2. The quantitative estimate of drug-likeness (QED) is 0.560. The largest absolute Gasteiger partial charge is 0.354 e. The van der Waals surface area contributed by atoms with Crippen LogP contribution in [0.3, 0.4) is 0 Å². The molecule has 0 aliphatic rings. The molecule has 0 aliphatic heterocycles. The van der Waals surface area contributed by atoms with Gasteiger partial charge in [-0.1, -0.05) is 55.0 Å². The van der Waals surface area contributed by atoms with Crippen LogP contribution in [0.4, 0.5) is 5.69 Å². The maximum absolute atomic E-state index is 13.3. The van der Waals surface area contributed by atoms with Crippen LogP contribution in [0, 0.1) is 6.92 Å². The average Bonchev–Trinajstić information content (AvgIpc) is 2.76. The number of sulfonamides is 1. The first-order valence-corrected chi connectivity index (χ1v) is 12.6. The van der Waals surface area contributed by atoms with Gasteiger partial charge in [0.1, 0.15) is 12.6 Å². The van der Waals surface area contributed by atoms with Gasteiger partial charge in [-0.05, 0) is 44.4 Å². The minimum Gasteiger partial charge on any atom is -0.354 e. The number of amides is 2. The molecule has 1 atom stereocenters. The number of aryl methyl sites for hydroxylation is 1. The standard InChI is InChI=1S/C24H33N3O4S/c1-5-16-25-24(29)20(3)26(17-15-21-9-7-6-8-10-21)23(28)18-27(32(4,30)31)22-13-11-19(2)12-14-22/h6-14,20H,5,15-18H2,1-4H3,(H,25,29). The van der Waals surface area contributed by atoms with E-state index in [9.17, 15) is 18.0 Å². The van der Waals surface area contributed by atoms with Gasteiger partial charge in [0, 0.05) is 13.1 Å². The van der Waals surface area contributed by atoms with Crippen molar-refractivity contribution in [3.8, 4) is 0 Å². The van der Waals surface area contributed by atoms with Gasteiger partial charge in [-0.15, -0.1) is 0 Å². The zero-order valence-corrected chi connectivity index (χ0v) is 20.1. The lowest BCUT2D eigenvalue weighted by molar-refractivity contribution is -0.138. The van der Waals surface area contributed by atoms with Crippen molar-refractivity contribution in [2.24, 2.45) is 0 Å². The lowest BCUT2D eigenvalue weighted by Gasteiger charge is -2.31. The van der Waals surface area contributed by atoms with Crippen LogP contribution >= 0.6 is 0 Å². The number of carbonyl (C=O) groups excluding carboxylic acids is 2. The topological polar surface area (TPSA) is 86.8 Å². The van der Waals surface area contributed by atoms with Crippen LogP contribution < -0.4 is 9.62 Å². The SMILES string of the molecule is CCCNC(=O)C(C)N(CCc1ccccc1)C(=O)CN(c1ccc(C)cc1)S(C)(=O)=O. The van der Waals surface area contributed by atoms with Crippen molar-refractivity contribution >= 4 is 27.5 Å². The van der Waals surface area contributed by atoms with E-state index in [-0.39, 0.29) is 12.5 Å². The number of rotatable bonds is 11. The van der Waals surface area contributed by atoms with Crippen molar-refractivity contribution in [3.63, 3.8) is 0 Å². The third kappa shape index (κ3) is 7.37. The summed E-state index contributed by atoms with van der Waals surface area (Å²) in [6, 6.07) is 15.9. The second-order valence-corrected chi connectivity index (χ2v) is 9.80. The van der Waals surface area contributed by atoms with Crippen LogP contribution in [-0.4, -0.2) is 57.1 Å². The normalized spacial score (nSPS) is 12.1. The van der Waals surface area contributed by atoms with E-state index < -0.39 is 22.0 Å². The van der Waals surface area contributed by atoms with E-state index in [1.54, 1.807) is 31.2 Å². The van der Waals surface area contributed by atoms with Crippen LogP contribution in [-0.2, 0) is 26.0 Å². The minimum atomic E-state index is -3.70. The molecule has 0 fully saturated rings. The van der Waals surface area contributed by atoms with Crippen molar-refractivity contribution in [3.05, 3.63) is 65.7 Å². The summed E-state index contributed by atoms with van der Waals surface area (Å²) in [6.07, 6.45) is 2.42. The van der Waals surface area contributed by atoms with Crippen LogP contribution in [0.1, 0.15) is 31.4 Å². The number of benzene rings is 2. The van der Waals surface area contributed by atoms with Gasteiger partial charge in [-0.2, -0.15) is 0 Å². The number of anilines is 1. The van der Waals surface area contributed by atoms with Gasteiger partial charge in [-0.3, -0.25) is 13.9 Å². The third-order valence-corrected chi connectivity index (χ3v) is 6.34. The number of hydrogen-bond donors (Lipinski definition) is 1. The summed E-state index contributed by atoms with van der Waals surface area (Å²) in [4.78, 5) is 27.4. The first kappa shape index (κ1) is 25.4. The predicted molar refractivity (Wildman–Crippen MR) is 128 cm³/mol. The molecule has 2 amide bonds. The number of nitrogens with one attached hydrogen (secondary N) is 1. The molecule has 2 aromatic carbocycles. The first-order valence-electron chi connectivity index (χ1n) is 10.8. The number of hydrogen-bond acceptors (Lipinski definition) is 4. The van der Waals surface area contributed by atoms with Gasteiger partial charge in [0.2, 0.25) is 21.8 Å². The molecule has 174 valence electrons. The molecule has 0 aliphatic carbocycles. The van der Waals surface area contributed by atoms with Gasteiger partial charge >= 0.3 is 0 Å². The molecule has 0 radical (unpaired) electrons. The van der Waals surface area contributed by atoms with E-state index in [4.69, 9.17) is 0 Å². The monoisotopic (exact) mass is 459 g/mol. The first-order chi connectivity index (χ1) is 15.1. The molecule has 0 saturated heterocycles. The summed E-state index contributed by atoms with van der Waals surface area (Å²) >= 11 is 0. The van der Waals surface area contributed by atoms with Crippen molar-refractivity contribution in [2.75, 3.05) is 30.2 Å². The van der Waals surface area contributed by atoms with Gasteiger partial charge in [0.05, 0.1) is 11.9 Å². The fraction of sp³-hybridized carbons (Fsp3) is 0.417. The smallest absolute Gasteiger partial charge is 0.244 e. The number of carbonyl (C=O) groups is 2. The third-order valence-electron chi connectivity index (χ3n) is 5.20. The molecule has 7 nitrogen and oxygen atoms in total. The molecular formula is C24H33N3O4S. The minimum absolute atomic E-state index is 0.255. The van der Waals surface area contributed by atoms with Crippen molar-refractivity contribution in [1.29, 1.82) is 0 Å². The Hall–Kier alpha value is -2.87. The number of nitrogens with zero attached hydrogens (tertiary/aromatic N) is 2. The second kappa shape index (κ2) is 11.7. The Morgan fingerprint density at radius 1 is 1.03 bits per heavy atom. The molecule has 8 heteroatoms. The van der Waals surface area contributed by atoms with E-state index in [0.29, 0.717) is 25.2 Å². The molecule has 0 bridgehead atoms. The fourth-order valence-corrected chi connectivity index (χ4v) is 4.14. The van der Waals surface area contributed by atoms with Crippen LogP contribution in [0.25, 0.3) is 0 Å². The van der Waals surface area contributed by atoms with Gasteiger partial charge in [0.15, 0.2) is 0 Å². The zero-order chi connectivity index (χ0) is 23.7. The molecule has 0 aromatic heterocycles. The molecule has 2 rings (SSSR count). The van der Waals surface area contributed by atoms with E-state index in [0.717, 1.165) is 28.1 Å². The highest BCUT2D eigenvalue weighted by Gasteiger charge is 2.29. The Morgan fingerprint density at radius 2 is 1.66 bits per heavy atom. The Labute approximate surface area is 191 Å². The zero-order valence-electron chi connectivity index (χ0n) is 19.2. The second-order valence-electron chi connectivity index (χ2n) is 7.89. The summed E-state index contributed by atoms with van der Waals surface area (Å²) in [5.41, 5.74) is 2.43. The molecule has 0 heterocycles. The van der Waals surface area contributed by atoms with Crippen LogP contribution in [0.5, 0.6) is 0 Å². The summed E-state index contributed by atoms with van der Waals surface area (Å²) < 4.78 is 26.0. The predicted octanol–water partition coefficient (Wildman–Crippen LogP) is 2.75. The van der Waals surface area contributed by atoms with Crippen LogP contribution in [0.15, 0.2) is 54.6 Å². The van der Waals surface area contributed by atoms with Crippen molar-refractivity contribution in [1.82, 2.24) is 10.2 Å². The van der Waals surface area contributed by atoms with E-state index in [2.05, 4.69) is 5.32 Å². The molecule has 0 saturated carbocycles. The van der Waals surface area contributed by atoms with Gasteiger partial charge < -0.3 is 10.2 Å². The summed E-state index contributed by atoms with van der Waals surface area (Å²) in [7, 11) is -3.70. The molecule has 1 N–H and O–H groups in total. The highest BCUT2D eigenvalue weighted by molar-refractivity contribution is 7.92. The molecule has 1 unspecified atom stereocenters. The van der Waals surface area contributed by atoms with Crippen molar-refractivity contribution < 1.29 is 18.0 Å². The van der Waals surface area contributed by atoms with Gasteiger partial charge in [0.25, 0.3) is 0 Å². The summed E-state index contributed by atoms with van der Waals surface area (Å²) in [5.74, 6) is -0.680. The Kier molecular flexibility index (Phi) is 9.26. The molecule has 32 heavy (non-hydrogen) atoms. The highest BCUT2D eigenvalue weighted by Crippen LogP contribution is 2.19. The Morgan fingerprint density at radius 3 is 2.22 bits per heavy atom. The Balaban J connectivity index is 2.27. The van der Waals surface area contributed by atoms with E-state index in [1.807, 2.05) is 44.2 Å². The van der Waals surface area contributed by atoms with E-state index in [1.165, 1.54) is 4.90 Å². The summed E-state index contributed by atoms with van der Waals surface area (Å²) in [6.45, 7) is 5.97. The maximum Gasteiger partial charge on any atom is 0.244 e. The Bertz CT molecular complexity index is 992. The van der Waals surface area contributed by atoms with Crippen molar-refractivity contribution in [2.45, 2.75) is 39.7 Å². The lowest BCUT2D eigenvalue weighted by Crippen LogP contribution is -2.52. The fourth-order valence-electron chi connectivity index (χ4n) is 3.29. The maximum atomic E-state index is 13.3. The average molecular weight is 460 g/mol. The molecule has 2 aromatic rings. The molecule has 0 spiro atoms. The van der Waals surface area contributed by atoms with E-state index >= 15 is 0 Å². The van der Waals surface area contributed by atoms with Gasteiger partial charge in [-0.25, -0.2) is 8.42 Å². The summed E-state index contributed by atoms with van der Waals surface area (Å²) in [5, 5.41) is 2.82. The van der Waals surface area contributed by atoms with Crippen LogP contribution in [0.2, 0.25) is 0 Å².